The van der Waals surface area contributed by atoms with Crippen molar-refractivity contribution < 1.29 is 9.13 Å². The third-order valence-electron chi connectivity index (χ3n) is 6.18. The SMILES string of the molecule is C=C(OCC)c1cc(F)c2nnc(Sc3ccc4ncc(N5CCC(N(C)C)C5)cc4c3)n2c1. The largest absolute Gasteiger partial charge is 0.494 e. The second kappa shape index (κ2) is 9.23. The molecule has 0 amide bonds. The molecule has 4 aromatic rings. The lowest BCUT2D eigenvalue weighted by atomic mass is 10.2. The number of aromatic nitrogens is 4. The first-order chi connectivity index (χ1) is 16.4. The Morgan fingerprint density at radius 3 is 2.88 bits per heavy atom. The summed E-state index contributed by atoms with van der Waals surface area (Å²) >= 11 is 1.43. The highest BCUT2D eigenvalue weighted by Gasteiger charge is 2.24. The molecule has 176 valence electrons. The smallest absolute Gasteiger partial charge is 0.200 e. The lowest BCUT2D eigenvalue weighted by Gasteiger charge is -2.21. The predicted octanol–water partition coefficient (Wildman–Crippen LogP) is 4.72. The van der Waals surface area contributed by atoms with Crippen molar-refractivity contribution in [2.45, 2.75) is 29.4 Å². The van der Waals surface area contributed by atoms with Gasteiger partial charge in [-0.2, -0.15) is 0 Å². The van der Waals surface area contributed by atoms with Gasteiger partial charge >= 0.3 is 0 Å². The zero-order valence-corrected chi connectivity index (χ0v) is 20.3. The molecule has 1 atom stereocenters. The fourth-order valence-corrected chi connectivity index (χ4v) is 5.10. The minimum Gasteiger partial charge on any atom is -0.494 e. The number of hydrogen-bond acceptors (Lipinski definition) is 7. The molecule has 0 spiro atoms. The van der Waals surface area contributed by atoms with E-state index in [0.29, 0.717) is 29.1 Å². The van der Waals surface area contributed by atoms with E-state index in [-0.39, 0.29) is 5.65 Å². The molecule has 0 N–H and O–H groups in total. The number of halogens is 1. The van der Waals surface area contributed by atoms with Gasteiger partial charge in [-0.25, -0.2) is 4.39 Å². The lowest BCUT2D eigenvalue weighted by molar-refractivity contribution is 0.299. The first kappa shape index (κ1) is 22.6. The molecule has 1 fully saturated rings. The van der Waals surface area contributed by atoms with Crippen molar-refractivity contribution in [3.8, 4) is 0 Å². The van der Waals surface area contributed by atoms with Crippen LogP contribution in [-0.4, -0.2) is 64.3 Å². The average molecular weight is 479 g/mol. The number of benzene rings is 1. The maximum atomic E-state index is 14.6. The topological polar surface area (TPSA) is 58.8 Å². The summed E-state index contributed by atoms with van der Waals surface area (Å²) < 4.78 is 21.7. The second-order valence-electron chi connectivity index (χ2n) is 8.61. The number of likely N-dealkylation sites (N-methyl/N-ethyl adjacent to an activating group) is 1. The third-order valence-corrected chi connectivity index (χ3v) is 7.13. The fraction of sp³-hybridized carbons (Fsp3) is 0.320. The standard InChI is InChI=1S/C25H27FN6OS/c1-5-33-16(2)18-12-22(26)24-28-29-25(32(24)14-18)34-21-6-7-23-17(11-21)10-20(13-27-23)31-9-8-19(15-31)30(3)4/h6-7,10-14,19H,2,5,8-9,15H2,1,3-4H3. The number of hydrogen-bond donors (Lipinski definition) is 0. The highest BCUT2D eigenvalue weighted by atomic mass is 32.2. The van der Waals surface area contributed by atoms with Gasteiger partial charge in [-0.3, -0.25) is 9.38 Å². The van der Waals surface area contributed by atoms with Crippen molar-refractivity contribution in [1.29, 1.82) is 0 Å². The second-order valence-corrected chi connectivity index (χ2v) is 9.65. The van der Waals surface area contributed by atoms with Gasteiger partial charge in [0.15, 0.2) is 11.5 Å². The maximum absolute atomic E-state index is 14.6. The molecule has 0 saturated carbocycles. The molecule has 1 aliphatic heterocycles. The summed E-state index contributed by atoms with van der Waals surface area (Å²) in [5.74, 6) is -0.0534. The predicted molar refractivity (Wildman–Crippen MR) is 134 cm³/mol. The van der Waals surface area contributed by atoms with Crippen molar-refractivity contribution in [3.63, 3.8) is 0 Å². The molecule has 0 bridgehead atoms. The van der Waals surface area contributed by atoms with Gasteiger partial charge in [0.25, 0.3) is 0 Å². The highest BCUT2D eigenvalue weighted by molar-refractivity contribution is 7.99. The number of fused-ring (bicyclic) bond motifs is 2. The molecule has 1 unspecified atom stereocenters. The minimum absolute atomic E-state index is 0.171. The van der Waals surface area contributed by atoms with E-state index in [1.165, 1.54) is 17.8 Å². The van der Waals surface area contributed by atoms with Crippen molar-refractivity contribution in [2.75, 3.05) is 38.7 Å². The van der Waals surface area contributed by atoms with Crippen LogP contribution in [0.2, 0.25) is 0 Å². The van der Waals surface area contributed by atoms with Gasteiger partial charge in [0.2, 0.25) is 5.16 Å². The summed E-state index contributed by atoms with van der Waals surface area (Å²) in [4.78, 5) is 10.3. The van der Waals surface area contributed by atoms with Gasteiger partial charge < -0.3 is 14.5 Å². The van der Waals surface area contributed by atoms with E-state index in [4.69, 9.17) is 4.74 Å². The van der Waals surface area contributed by atoms with Crippen LogP contribution in [0.5, 0.6) is 0 Å². The molecule has 7 nitrogen and oxygen atoms in total. The van der Waals surface area contributed by atoms with Gasteiger partial charge in [-0.05, 0) is 69.5 Å². The minimum atomic E-state index is -0.466. The number of rotatable bonds is 7. The number of anilines is 1. The summed E-state index contributed by atoms with van der Waals surface area (Å²) in [6, 6.07) is 10.2. The van der Waals surface area contributed by atoms with E-state index in [2.05, 4.69) is 57.8 Å². The number of nitrogens with zero attached hydrogens (tertiary/aromatic N) is 6. The van der Waals surface area contributed by atoms with Gasteiger partial charge in [-0.15, -0.1) is 10.2 Å². The van der Waals surface area contributed by atoms with Gasteiger partial charge in [-0.1, -0.05) is 6.58 Å². The molecule has 3 aromatic heterocycles. The fourth-order valence-electron chi connectivity index (χ4n) is 4.25. The molecule has 9 heteroatoms. The van der Waals surface area contributed by atoms with Crippen LogP contribution in [0.25, 0.3) is 22.3 Å². The first-order valence-corrected chi connectivity index (χ1v) is 12.1. The Balaban J connectivity index is 1.44. The molecular weight excluding hydrogens is 451 g/mol. The Hall–Kier alpha value is -3.17. The summed E-state index contributed by atoms with van der Waals surface area (Å²) in [5.41, 5.74) is 2.80. The normalized spacial score (nSPS) is 16.1. The van der Waals surface area contributed by atoms with E-state index in [9.17, 15) is 4.39 Å². The zero-order valence-electron chi connectivity index (χ0n) is 19.5. The molecular formula is C25H27FN6OS. The lowest BCUT2D eigenvalue weighted by Crippen LogP contribution is -2.31. The van der Waals surface area contributed by atoms with E-state index in [1.807, 2.05) is 25.3 Å². The highest BCUT2D eigenvalue weighted by Crippen LogP contribution is 2.32. The third kappa shape index (κ3) is 4.33. The van der Waals surface area contributed by atoms with Gasteiger partial charge in [0.05, 0.1) is 24.0 Å². The van der Waals surface area contributed by atoms with Gasteiger partial charge in [0.1, 0.15) is 5.76 Å². The van der Waals surface area contributed by atoms with Crippen LogP contribution in [0, 0.1) is 5.82 Å². The molecule has 4 heterocycles. The van der Waals surface area contributed by atoms with E-state index in [1.54, 1.807) is 10.6 Å². The molecule has 0 radical (unpaired) electrons. The van der Waals surface area contributed by atoms with Crippen LogP contribution in [0.4, 0.5) is 10.1 Å². The Kier molecular flexibility index (Phi) is 6.14. The summed E-state index contributed by atoms with van der Waals surface area (Å²) in [6.07, 6.45) is 4.86. The van der Waals surface area contributed by atoms with Crippen LogP contribution >= 0.6 is 11.8 Å². The summed E-state index contributed by atoms with van der Waals surface area (Å²) in [5, 5.41) is 9.88. The van der Waals surface area contributed by atoms with E-state index < -0.39 is 5.82 Å². The molecule has 1 saturated heterocycles. The maximum Gasteiger partial charge on any atom is 0.200 e. The van der Waals surface area contributed by atoms with Crippen LogP contribution in [0.3, 0.4) is 0 Å². The van der Waals surface area contributed by atoms with Crippen molar-refractivity contribution >= 4 is 39.8 Å². The average Bonchev–Trinajstić information content (AvgIpc) is 3.47. The Morgan fingerprint density at radius 2 is 2.12 bits per heavy atom. The van der Waals surface area contributed by atoms with Crippen molar-refractivity contribution in [1.82, 2.24) is 24.5 Å². The van der Waals surface area contributed by atoms with Crippen LogP contribution < -0.4 is 4.90 Å². The van der Waals surface area contributed by atoms with Gasteiger partial charge in [0, 0.05) is 41.2 Å². The first-order valence-electron chi connectivity index (χ1n) is 11.3. The number of pyridine rings is 2. The number of ether oxygens (including phenoxy) is 1. The van der Waals surface area contributed by atoms with E-state index in [0.717, 1.165) is 41.0 Å². The quantitative estimate of drug-likeness (QED) is 0.356. The Labute approximate surface area is 202 Å². The molecule has 1 aromatic carbocycles. The molecule has 1 aliphatic rings. The van der Waals surface area contributed by atoms with Crippen LogP contribution in [-0.2, 0) is 4.74 Å². The summed E-state index contributed by atoms with van der Waals surface area (Å²) in [6.45, 7) is 8.24. The molecule has 34 heavy (non-hydrogen) atoms. The summed E-state index contributed by atoms with van der Waals surface area (Å²) in [7, 11) is 4.26. The van der Waals surface area contributed by atoms with E-state index >= 15 is 0 Å². The molecule has 0 aliphatic carbocycles. The van der Waals surface area contributed by atoms with Crippen molar-refractivity contribution in [2.24, 2.45) is 0 Å². The monoisotopic (exact) mass is 478 g/mol. The Bertz CT molecular complexity index is 1370. The zero-order chi connectivity index (χ0) is 23.8. The van der Waals surface area contributed by atoms with Crippen molar-refractivity contribution in [3.05, 3.63) is 60.7 Å². The van der Waals surface area contributed by atoms with Crippen LogP contribution in [0.1, 0.15) is 18.9 Å². The Morgan fingerprint density at radius 1 is 1.26 bits per heavy atom. The molecule has 5 rings (SSSR count). The van der Waals surface area contributed by atoms with Crippen LogP contribution in [0.15, 0.2) is 59.4 Å².